The lowest BCUT2D eigenvalue weighted by atomic mass is 10.00. The number of aryl methyl sites for hydroxylation is 1. The van der Waals surface area contributed by atoms with E-state index in [-0.39, 0.29) is 30.7 Å². The number of carbonyl (C=O) groups is 1. The molecule has 0 unspecified atom stereocenters. The molecule has 0 amide bonds. The summed E-state index contributed by atoms with van der Waals surface area (Å²) < 4.78 is 12.2. The second kappa shape index (κ2) is 10.6. The number of aromatic nitrogens is 5. The first kappa shape index (κ1) is 24.3. The van der Waals surface area contributed by atoms with Crippen molar-refractivity contribution in [2.75, 3.05) is 6.61 Å². The van der Waals surface area contributed by atoms with Crippen molar-refractivity contribution in [1.29, 1.82) is 0 Å². The smallest absolute Gasteiger partial charge is 0.327 e. The lowest BCUT2D eigenvalue weighted by Crippen LogP contribution is -2.35. The van der Waals surface area contributed by atoms with Gasteiger partial charge in [0, 0.05) is 17.6 Å². The SMILES string of the molecule is CCOC(=O)Cn1nnnc1[C@@H](C(C)C)N(Cc1ccco1)Cc1cc2cc(C)ccc2[nH]c1=O. The Morgan fingerprint density at radius 3 is 2.77 bits per heavy atom. The lowest BCUT2D eigenvalue weighted by molar-refractivity contribution is -0.144. The van der Waals surface area contributed by atoms with E-state index in [9.17, 15) is 9.59 Å². The first-order valence-electron chi connectivity index (χ1n) is 11.7. The molecular weight excluding hydrogens is 448 g/mol. The van der Waals surface area contributed by atoms with Crippen LogP contribution in [0.25, 0.3) is 10.9 Å². The molecule has 10 nitrogen and oxygen atoms in total. The summed E-state index contributed by atoms with van der Waals surface area (Å²) in [5.41, 5.74) is 2.37. The van der Waals surface area contributed by atoms with Gasteiger partial charge in [-0.1, -0.05) is 25.5 Å². The second-order valence-electron chi connectivity index (χ2n) is 8.89. The maximum absolute atomic E-state index is 13.0. The number of rotatable bonds is 10. The number of hydrogen-bond donors (Lipinski definition) is 1. The third-order valence-corrected chi connectivity index (χ3v) is 5.82. The third-order valence-electron chi connectivity index (χ3n) is 5.82. The molecule has 0 spiro atoms. The van der Waals surface area contributed by atoms with Crippen molar-refractivity contribution in [2.45, 2.75) is 53.4 Å². The van der Waals surface area contributed by atoms with E-state index >= 15 is 0 Å². The van der Waals surface area contributed by atoms with Crippen molar-refractivity contribution in [3.63, 3.8) is 0 Å². The largest absolute Gasteiger partial charge is 0.468 e. The molecule has 1 aromatic carbocycles. The number of ether oxygens (including phenoxy) is 1. The molecule has 10 heteroatoms. The number of aromatic amines is 1. The fourth-order valence-electron chi connectivity index (χ4n) is 4.31. The van der Waals surface area contributed by atoms with Gasteiger partial charge >= 0.3 is 5.97 Å². The Hall–Kier alpha value is -3.79. The van der Waals surface area contributed by atoms with E-state index < -0.39 is 5.97 Å². The van der Waals surface area contributed by atoms with Crippen LogP contribution >= 0.6 is 0 Å². The second-order valence-corrected chi connectivity index (χ2v) is 8.89. The number of H-pyrrole nitrogens is 1. The summed E-state index contributed by atoms with van der Waals surface area (Å²) in [7, 11) is 0. The number of tetrazole rings is 1. The molecule has 184 valence electrons. The number of esters is 1. The normalized spacial score (nSPS) is 12.5. The van der Waals surface area contributed by atoms with E-state index in [1.54, 1.807) is 13.2 Å². The number of nitrogens with one attached hydrogen (secondary N) is 1. The topological polar surface area (TPSA) is 119 Å². The lowest BCUT2D eigenvalue weighted by Gasteiger charge is -2.32. The van der Waals surface area contributed by atoms with Crippen LogP contribution in [0, 0.1) is 12.8 Å². The molecule has 0 radical (unpaired) electrons. The fraction of sp³-hybridized carbons (Fsp3) is 0.400. The van der Waals surface area contributed by atoms with Crippen LogP contribution in [0.5, 0.6) is 0 Å². The first-order chi connectivity index (χ1) is 16.9. The molecule has 3 heterocycles. The Labute approximate surface area is 202 Å². The first-order valence-corrected chi connectivity index (χ1v) is 11.7. The number of nitrogens with zero attached hydrogens (tertiary/aromatic N) is 5. The maximum atomic E-state index is 13.0. The van der Waals surface area contributed by atoms with Crippen molar-refractivity contribution in [2.24, 2.45) is 5.92 Å². The summed E-state index contributed by atoms with van der Waals surface area (Å²) >= 11 is 0. The summed E-state index contributed by atoms with van der Waals surface area (Å²) in [4.78, 5) is 30.3. The van der Waals surface area contributed by atoms with E-state index in [1.807, 2.05) is 43.3 Å². The highest BCUT2D eigenvalue weighted by molar-refractivity contribution is 5.79. The molecule has 0 fully saturated rings. The van der Waals surface area contributed by atoms with Crippen LogP contribution in [0.2, 0.25) is 0 Å². The summed E-state index contributed by atoms with van der Waals surface area (Å²) in [5.74, 6) is 0.905. The molecule has 4 aromatic rings. The van der Waals surface area contributed by atoms with E-state index in [4.69, 9.17) is 9.15 Å². The van der Waals surface area contributed by atoms with Crippen LogP contribution in [0.15, 0.2) is 51.9 Å². The van der Waals surface area contributed by atoms with Crippen LogP contribution in [0.1, 0.15) is 49.5 Å². The summed E-state index contributed by atoms with van der Waals surface area (Å²) in [6.45, 7) is 8.81. The van der Waals surface area contributed by atoms with Gasteiger partial charge in [0.2, 0.25) is 0 Å². The summed E-state index contributed by atoms with van der Waals surface area (Å²) in [5, 5.41) is 13.1. The van der Waals surface area contributed by atoms with E-state index in [1.165, 1.54) is 4.68 Å². The fourth-order valence-corrected chi connectivity index (χ4v) is 4.31. The molecule has 1 atom stereocenters. The van der Waals surface area contributed by atoms with Crippen LogP contribution in [-0.2, 0) is 29.2 Å². The van der Waals surface area contributed by atoms with Gasteiger partial charge in [0.1, 0.15) is 12.3 Å². The van der Waals surface area contributed by atoms with E-state index in [0.717, 1.165) is 22.2 Å². The van der Waals surface area contributed by atoms with E-state index in [0.29, 0.717) is 24.5 Å². The Kier molecular flexibility index (Phi) is 7.40. The molecule has 3 aromatic heterocycles. The molecule has 35 heavy (non-hydrogen) atoms. The van der Waals surface area contributed by atoms with Crippen molar-refractivity contribution >= 4 is 16.9 Å². The van der Waals surface area contributed by atoms with Gasteiger partial charge in [-0.05, 0) is 65.9 Å². The molecule has 4 rings (SSSR count). The van der Waals surface area contributed by atoms with Gasteiger partial charge in [-0.25, -0.2) is 4.68 Å². The number of pyridine rings is 1. The predicted molar refractivity (Wildman–Crippen MR) is 129 cm³/mol. The minimum absolute atomic E-state index is 0.0543. The van der Waals surface area contributed by atoms with Gasteiger partial charge in [0.25, 0.3) is 5.56 Å². The predicted octanol–water partition coefficient (Wildman–Crippen LogP) is 3.38. The van der Waals surface area contributed by atoms with Crippen molar-refractivity contribution in [3.05, 3.63) is 75.7 Å². The zero-order valence-electron chi connectivity index (χ0n) is 20.4. The van der Waals surface area contributed by atoms with Crippen molar-refractivity contribution < 1.29 is 13.9 Å². The van der Waals surface area contributed by atoms with Crippen LogP contribution in [0.4, 0.5) is 0 Å². The summed E-state index contributed by atoms with van der Waals surface area (Å²) in [6, 6.07) is 11.3. The zero-order chi connectivity index (χ0) is 24.9. The molecule has 1 N–H and O–H groups in total. The molecule has 0 saturated carbocycles. The van der Waals surface area contributed by atoms with Gasteiger partial charge in [-0.15, -0.1) is 5.10 Å². The Morgan fingerprint density at radius 1 is 1.23 bits per heavy atom. The third kappa shape index (κ3) is 5.65. The maximum Gasteiger partial charge on any atom is 0.327 e. The number of hydrogen-bond acceptors (Lipinski definition) is 8. The highest BCUT2D eigenvalue weighted by atomic mass is 16.5. The molecule has 0 aliphatic rings. The minimum atomic E-state index is -0.414. The quantitative estimate of drug-likeness (QED) is 0.345. The van der Waals surface area contributed by atoms with Crippen molar-refractivity contribution in [3.8, 4) is 0 Å². The molecule has 0 aliphatic heterocycles. The van der Waals surface area contributed by atoms with Gasteiger partial charge in [0.05, 0.1) is 25.5 Å². The van der Waals surface area contributed by atoms with Gasteiger partial charge < -0.3 is 14.1 Å². The highest BCUT2D eigenvalue weighted by Crippen LogP contribution is 2.30. The average molecular weight is 479 g/mol. The number of fused-ring (bicyclic) bond motifs is 1. The Morgan fingerprint density at radius 2 is 2.06 bits per heavy atom. The molecular formula is C25H30N6O4. The number of furan rings is 1. The van der Waals surface area contributed by atoms with Crippen LogP contribution < -0.4 is 5.56 Å². The standard InChI is InChI=1S/C25H30N6O4/c1-5-34-22(32)15-31-24(27-28-29-31)23(16(2)3)30(14-20-7-6-10-35-20)13-19-12-18-11-17(4)8-9-21(18)26-25(19)33/h6-12,16,23H,5,13-15H2,1-4H3,(H,26,33)/t23-/m1/s1. The van der Waals surface area contributed by atoms with Gasteiger partial charge in [0.15, 0.2) is 5.82 Å². The summed E-state index contributed by atoms with van der Waals surface area (Å²) in [6.07, 6.45) is 1.62. The van der Waals surface area contributed by atoms with E-state index in [2.05, 4.69) is 39.3 Å². The van der Waals surface area contributed by atoms with Gasteiger partial charge in [-0.3, -0.25) is 14.5 Å². The minimum Gasteiger partial charge on any atom is -0.468 e. The van der Waals surface area contributed by atoms with Crippen LogP contribution in [0.3, 0.4) is 0 Å². The zero-order valence-corrected chi connectivity index (χ0v) is 20.4. The Balaban J connectivity index is 1.74. The average Bonchev–Trinajstić information content (AvgIpc) is 3.47. The van der Waals surface area contributed by atoms with Gasteiger partial charge in [-0.2, -0.15) is 0 Å². The molecule has 0 aliphatic carbocycles. The highest BCUT2D eigenvalue weighted by Gasteiger charge is 2.31. The molecule has 0 bridgehead atoms. The van der Waals surface area contributed by atoms with Crippen molar-refractivity contribution in [1.82, 2.24) is 30.1 Å². The number of benzene rings is 1. The monoisotopic (exact) mass is 478 g/mol. The van der Waals surface area contributed by atoms with Crippen LogP contribution in [-0.4, -0.2) is 42.7 Å². The number of carbonyl (C=O) groups excluding carboxylic acids is 1. The molecule has 0 saturated heterocycles. The Bertz CT molecular complexity index is 1340.